The Morgan fingerprint density at radius 1 is 0.462 bits per heavy atom. The van der Waals surface area contributed by atoms with Crippen molar-refractivity contribution in [2.45, 2.75) is 52.4 Å². The second kappa shape index (κ2) is 17.2. The number of phenolic OH excluding ortho intramolecular Hbond substituents is 1. The Labute approximate surface area is 395 Å². The van der Waals surface area contributed by atoms with Gasteiger partial charge in [0.25, 0.3) is 0 Å². The average Bonchev–Trinajstić information content (AvgIpc) is 3.66. The number of aromatic hydroxyl groups is 1. The molecule has 1 N–H and O–H groups in total. The van der Waals surface area contributed by atoms with Crippen molar-refractivity contribution in [2.75, 3.05) is 0 Å². The smallest absolute Gasteiger partial charge is 0.124 e. The normalized spacial score (nSPS) is 11.8. The van der Waals surface area contributed by atoms with Gasteiger partial charge in [0.2, 0.25) is 0 Å². The first-order valence-electron chi connectivity index (χ1n) is 21.9. The average molecular weight is 1030 g/mol. The fourth-order valence-electron chi connectivity index (χ4n) is 8.69. The molecule has 10 aromatic rings. The van der Waals surface area contributed by atoms with Crippen LogP contribution in [-0.4, -0.2) is 24.6 Å². The maximum absolute atomic E-state index is 11.1. The van der Waals surface area contributed by atoms with Gasteiger partial charge < -0.3 is 9.67 Å². The van der Waals surface area contributed by atoms with E-state index < -0.39 is 0 Å². The van der Waals surface area contributed by atoms with Gasteiger partial charge in [0.15, 0.2) is 0 Å². The molecule has 0 saturated heterocycles. The molecular formula is C59H49N4OPt-. The molecule has 4 aromatic heterocycles. The molecule has 0 amide bonds. The molecule has 0 fully saturated rings. The van der Waals surface area contributed by atoms with Crippen molar-refractivity contribution >= 4 is 21.8 Å². The third kappa shape index (κ3) is 8.45. The van der Waals surface area contributed by atoms with Gasteiger partial charge in [-0.15, -0.1) is 24.3 Å². The van der Waals surface area contributed by atoms with Crippen molar-refractivity contribution in [2.24, 2.45) is 0 Å². The second-order valence-corrected chi connectivity index (χ2v) is 18.7. The maximum Gasteiger partial charge on any atom is 0.124 e. The molecule has 0 unspecified atom stereocenters. The number of nitrogens with zero attached hydrogens (tertiary/aromatic N) is 4. The molecule has 6 heteroatoms. The molecule has 0 atom stereocenters. The van der Waals surface area contributed by atoms with E-state index in [-0.39, 0.29) is 37.6 Å². The number of para-hydroxylation sites is 3. The van der Waals surface area contributed by atoms with E-state index in [9.17, 15) is 5.11 Å². The topological polar surface area (TPSA) is 63.8 Å². The standard InChI is InChI=1S/C59H49N4O.Pt/c1-58(2,3)44-31-42(32-45(37-44)59(4,5)6)43-35-53(62-54(36-43)50-21-8-10-26-56(50)64)40-17-13-16-39(30-40)52-34-38(27-29-61-52)47-22-15-23-49-48-20-7-9-25-55(48)63(57(47)49)46-19-14-18-41(33-46)51-24-11-12-28-60-51;/h7-29,31-37,64H,1-6H3;/q-1;. The number of pyridine rings is 3. The van der Waals surface area contributed by atoms with Gasteiger partial charge in [-0.1, -0.05) is 150 Å². The maximum atomic E-state index is 11.1. The summed E-state index contributed by atoms with van der Waals surface area (Å²) in [5, 5.41) is 13.5. The van der Waals surface area contributed by atoms with Crippen LogP contribution in [0, 0.1) is 6.07 Å². The van der Waals surface area contributed by atoms with Crippen molar-refractivity contribution in [3.05, 3.63) is 199 Å². The predicted molar refractivity (Wildman–Crippen MR) is 265 cm³/mol. The Morgan fingerprint density at radius 2 is 1.08 bits per heavy atom. The Morgan fingerprint density at radius 3 is 1.83 bits per heavy atom. The van der Waals surface area contributed by atoms with Crippen molar-refractivity contribution in [1.82, 2.24) is 19.5 Å². The van der Waals surface area contributed by atoms with E-state index in [0.29, 0.717) is 11.3 Å². The van der Waals surface area contributed by atoms with Gasteiger partial charge in [0.05, 0.1) is 22.4 Å². The fourth-order valence-corrected chi connectivity index (χ4v) is 8.69. The Balaban J connectivity index is 0.00000533. The Bertz CT molecular complexity index is 3340. The van der Waals surface area contributed by atoms with Gasteiger partial charge in [-0.05, 0) is 93.2 Å². The largest absolute Gasteiger partial charge is 0.507 e. The first kappa shape index (κ1) is 43.3. The van der Waals surface area contributed by atoms with Gasteiger partial charge in [0.1, 0.15) is 5.75 Å². The summed E-state index contributed by atoms with van der Waals surface area (Å²) in [7, 11) is 0. The van der Waals surface area contributed by atoms with Crippen LogP contribution in [-0.2, 0) is 31.9 Å². The number of fused-ring (bicyclic) bond motifs is 3. The molecule has 10 rings (SSSR count). The zero-order valence-electron chi connectivity index (χ0n) is 37.4. The van der Waals surface area contributed by atoms with Crippen molar-refractivity contribution in [1.29, 1.82) is 0 Å². The van der Waals surface area contributed by atoms with Gasteiger partial charge in [0, 0.05) is 78.0 Å². The minimum atomic E-state index is -0.0523. The molecule has 4 heterocycles. The molecule has 5 nitrogen and oxygen atoms in total. The van der Waals surface area contributed by atoms with E-state index in [1.54, 1.807) is 6.07 Å². The summed E-state index contributed by atoms with van der Waals surface area (Å²) in [5.74, 6) is 0.186. The molecule has 65 heavy (non-hydrogen) atoms. The van der Waals surface area contributed by atoms with Crippen LogP contribution in [0.5, 0.6) is 5.75 Å². The molecule has 6 aromatic carbocycles. The van der Waals surface area contributed by atoms with Crippen molar-refractivity contribution in [3.8, 4) is 78.7 Å². The molecule has 0 bridgehead atoms. The zero-order chi connectivity index (χ0) is 44.2. The first-order chi connectivity index (χ1) is 30.9. The molecule has 0 saturated carbocycles. The Kier molecular flexibility index (Phi) is 11.5. The van der Waals surface area contributed by atoms with Gasteiger partial charge in [-0.25, -0.2) is 0 Å². The number of aromatic nitrogens is 4. The van der Waals surface area contributed by atoms with Crippen LogP contribution in [0.4, 0.5) is 0 Å². The van der Waals surface area contributed by atoms with Crippen molar-refractivity contribution in [3.63, 3.8) is 0 Å². The third-order valence-corrected chi connectivity index (χ3v) is 12.2. The number of rotatable bonds is 7. The summed E-state index contributed by atoms with van der Waals surface area (Å²) >= 11 is 0. The molecule has 0 aliphatic rings. The molecule has 0 spiro atoms. The minimum absolute atomic E-state index is 0. The number of hydrogen-bond acceptors (Lipinski definition) is 4. The molecular weight excluding hydrogens is 976 g/mol. The summed E-state index contributed by atoms with van der Waals surface area (Å²) in [4.78, 5) is 14.8. The van der Waals surface area contributed by atoms with E-state index in [2.05, 4.69) is 191 Å². The number of hydrogen-bond donors (Lipinski definition) is 1. The van der Waals surface area contributed by atoms with Crippen LogP contribution >= 0.6 is 0 Å². The van der Waals surface area contributed by atoms with Crippen LogP contribution in [0.2, 0.25) is 0 Å². The molecule has 0 aliphatic carbocycles. The molecule has 0 radical (unpaired) electrons. The van der Waals surface area contributed by atoms with E-state index in [1.165, 1.54) is 21.9 Å². The van der Waals surface area contributed by atoms with Crippen LogP contribution in [0.15, 0.2) is 182 Å². The quantitative estimate of drug-likeness (QED) is 0.162. The van der Waals surface area contributed by atoms with Crippen LogP contribution in [0.25, 0.3) is 94.8 Å². The Hall–Kier alpha value is -6.94. The summed E-state index contributed by atoms with van der Waals surface area (Å²) in [6, 6.07) is 62.6. The summed E-state index contributed by atoms with van der Waals surface area (Å²) in [6.07, 6.45) is 3.73. The van der Waals surface area contributed by atoms with E-state index in [1.807, 2.05) is 42.7 Å². The van der Waals surface area contributed by atoms with Gasteiger partial charge in [-0.2, -0.15) is 0 Å². The fraction of sp³-hybridized carbons (Fsp3) is 0.136. The van der Waals surface area contributed by atoms with E-state index in [4.69, 9.17) is 9.97 Å². The first-order valence-corrected chi connectivity index (χ1v) is 21.9. The molecule has 0 aliphatic heterocycles. The summed E-state index contributed by atoms with van der Waals surface area (Å²) < 4.78 is 2.38. The van der Waals surface area contributed by atoms with Crippen LogP contribution in [0.1, 0.15) is 52.7 Å². The predicted octanol–water partition coefficient (Wildman–Crippen LogP) is 15.1. The summed E-state index contributed by atoms with van der Waals surface area (Å²) in [5.41, 5.74) is 16.7. The monoisotopic (exact) mass is 1020 g/mol. The second-order valence-electron chi connectivity index (χ2n) is 18.7. The van der Waals surface area contributed by atoms with E-state index >= 15 is 0 Å². The van der Waals surface area contributed by atoms with Crippen LogP contribution < -0.4 is 0 Å². The molecule has 322 valence electrons. The van der Waals surface area contributed by atoms with E-state index in [0.717, 1.165) is 72.7 Å². The van der Waals surface area contributed by atoms with Gasteiger partial charge >= 0.3 is 0 Å². The van der Waals surface area contributed by atoms with Crippen LogP contribution in [0.3, 0.4) is 0 Å². The SMILES string of the molecule is CC(C)(C)c1cc(-c2cc(-c3[c-]c(-c4cc(-c5cccc6c7ccccc7n(-c7cccc(-c8ccccn8)c7)c56)ccn4)ccc3)nc(-c3ccccc3O)c2)cc(C(C)(C)C)c1.[Pt]. The number of benzene rings is 6. The van der Waals surface area contributed by atoms with Crippen molar-refractivity contribution < 1.29 is 26.2 Å². The summed E-state index contributed by atoms with van der Waals surface area (Å²) in [6.45, 7) is 13.6. The zero-order valence-corrected chi connectivity index (χ0v) is 39.6. The number of phenols is 1. The van der Waals surface area contributed by atoms with Gasteiger partial charge in [-0.3, -0.25) is 15.0 Å². The minimum Gasteiger partial charge on any atom is -0.507 e. The third-order valence-electron chi connectivity index (χ3n) is 12.2.